The van der Waals surface area contributed by atoms with E-state index in [1.807, 2.05) is 18.2 Å². The number of nitrogens with two attached hydrogens (primary N) is 1. The van der Waals surface area contributed by atoms with E-state index in [1.165, 1.54) is 10.6 Å². The van der Waals surface area contributed by atoms with Crippen molar-refractivity contribution in [1.82, 2.24) is 24.1 Å². The van der Waals surface area contributed by atoms with E-state index in [1.54, 1.807) is 30.1 Å². The van der Waals surface area contributed by atoms with Gasteiger partial charge in [0.05, 0.1) is 11.8 Å². The van der Waals surface area contributed by atoms with Gasteiger partial charge in [-0.15, -0.1) is 0 Å². The lowest BCUT2D eigenvalue weighted by Gasteiger charge is -2.33. The smallest absolute Gasteiger partial charge is 0.269 e. The molecule has 31 heavy (non-hydrogen) atoms. The van der Waals surface area contributed by atoms with E-state index in [9.17, 15) is 13.2 Å². The van der Waals surface area contributed by atoms with Crippen molar-refractivity contribution in [2.24, 2.45) is 5.73 Å². The lowest BCUT2D eigenvalue weighted by Crippen LogP contribution is -2.41. The Morgan fingerprint density at radius 1 is 1.19 bits per heavy atom. The molecule has 3 aromatic rings. The number of carbonyl (C=O) groups is 1. The Hall–Kier alpha value is -3.05. The number of hydrogen-bond donors (Lipinski definition) is 2. The van der Waals surface area contributed by atoms with Gasteiger partial charge in [0, 0.05) is 36.8 Å². The highest BCUT2D eigenvalue weighted by Crippen LogP contribution is 2.26. The third-order valence-electron chi connectivity index (χ3n) is 5.75. The standard InChI is InChI=1S/C20H25N7O3S/c1-26(31(2,29)30)14-9-7-13(8-10-14)23-20-22-12-11-17(24-20)27-16-6-4-3-5-15(16)18(25-27)19(21)28/h3-6,11-14H,7-10H2,1-2H3,(H2,21,28)(H,22,23,24). The molecule has 0 saturated heterocycles. The van der Waals surface area contributed by atoms with E-state index in [0.29, 0.717) is 17.2 Å². The average molecular weight is 444 g/mol. The van der Waals surface area contributed by atoms with Crippen LogP contribution in [0.3, 0.4) is 0 Å². The van der Waals surface area contributed by atoms with E-state index < -0.39 is 15.9 Å². The second kappa shape index (κ2) is 8.23. The van der Waals surface area contributed by atoms with Gasteiger partial charge in [-0.2, -0.15) is 10.1 Å². The number of sulfonamides is 1. The number of para-hydroxylation sites is 1. The van der Waals surface area contributed by atoms with Gasteiger partial charge < -0.3 is 11.1 Å². The number of nitrogens with one attached hydrogen (secondary N) is 1. The van der Waals surface area contributed by atoms with E-state index in [2.05, 4.69) is 20.4 Å². The first-order valence-electron chi connectivity index (χ1n) is 10.0. The zero-order valence-corrected chi connectivity index (χ0v) is 18.2. The number of rotatable bonds is 6. The second-order valence-electron chi connectivity index (χ2n) is 7.81. The van der Waals surface area contributed by atoms with E-state index in [4.69, 9.17) is 5.73 Å². The summed E-state index contributed by atoms with van der Waals surface area (Å²) in [4.78, 5) is 20.7. The lowest BCUT2D eigenvalue weighted by molar-refractivity contribution is 0.0996. The first kappa shape index (κ1) is 21.2. The highest BCUT2D eigenvalue weighted by atomic mass is 32.2. The predicted molar refractivity (Wildman–Crippen MR) is 117 cm³/mol. The summed E-state index contributed by atoms with van der Waals surface area (Å²) >= 11 is 0. The normalized spacial score (nSPS) is 19.6. The highest BCUT2D eigenvalue weighted by molar-refractivity contribution is 7.88. The molecule has 1 saturated carbocycles. The zero-order chi connectivity index (χ0) is 22.2. The van der Waals surface area contributed by atoms with Crippen LogP contribution in [0.15, 0.2) is 36.5 Å². The maximum atomic E-state index is 11.8. The quantitative estimate of drug-likeness (QED) is 0.589. The molecule has 1 aliphatic rings. The van der Waals surface area contributed by atoms with Crippen LogP contribution in [0.5, 0.6) is 0 Å². The summed E-state index contributed by atoms with van der Waals surface area (Å²) in [6, 6.07) is 9.21. The molecule has 2 heterocycles. The molecule has 10 nitrogen and oxygen atoms in total. The fraction of sp³-hybridized carbons (Fsp3) is 0.400. The first-order valence-corrected chi connectivity index (χ1v) is 11.9. The molecule has 0 spiro atoms. The van der Waals surface area contributed by atoms with Crippen LogP contribution in [0, 0.1) is 0 Å². The molecule has 3 N–H and O–H groups in total. The Morgan fingerprint density at radius 2 is 1.90 bits per heavy atom. The summed E-state index contributed by atoms with van der Waals surface area (Å²) in [7, 11) is -1.56. The number of primary amides is 1. The summed E-state index contributed by atoms with van der Waals surface area (Å²) in [5.41, 5.74) is 6.40. The molecule has 1 amide bonds. The SMILES string of the molecule is CN(C1CCC(Nc2nccc(-n3nc(C(N)=O)c4ccccc43)n2)CC1)S(C)(=O)=O. The first-order chi connectivity index (χ1) is 14.7. The Morgan fingerprint density at radius 3 is 2.58 bits per heavy atom. The number of anilines is 1. The summed E-state index contributed by atoms with van der Waals surface area (Å²) in [5, 5.41) is 8.37. The number of amides is 1. The number of nitrogens with zero attached hydrogens (tertiary/aromatic N) is 5. The maximum absolute atomic E-state index is 11.8. The van der Waals surface area contributed by atoms with E-state index >= 15 is 0 Å². The van der Waals surface area contributed by atoms with Crippen molar-refractivity contribution in [3.63, 3.8) is 0 Å². The maximum Gasteiger partial charge on any atom is 0.269 e. The molecule has 164 valence electrons. The molecule has 1 aliphatic carbocycles. The van der Waals surface area contributed by atoms with Gasteiger partial charge in [-0.25, -0.2) is 22.4 Å². The number of carbonyl (C=O) groups excluding carboxylic acids is 1. The van der Waals surface area contributed by atoms with Gasteiger partial charge in [0.1, 0.15) is 0 Å². The minimum atomic E-state index is -3.19. The largest absolute Gasteiger partial charge is 0.364 e. The van der Waals surface area contributed by atoms with Gasteiger partial charge >= 0.3 is 0 Å². The van der Waals surface area contributed by atoms with Crippen LogP contribution in [0.1, 0.15) is 36.2 Å². The molecule has 2 aromatic heterocycles. The number of hydrogen-bond acceptors (Lipinski definition) is 7. The summed E-state index contributed by atoms with van der Waals surface area (Å²) in [6.07, 6.45) is 6.04. The lowest BCUT2D eigenvalue weighted by atomic mass is 9.91. The van der Waals surface area contributed by atoms with Crippen molar-refractivity contribution < 1.29 is 13.2 Å². The van der Waals surface area contributed by atoms with Gasteiger partial charge in [0.15, 0.2) is 11.5 Å². The van der Waals surface area contributed by atoms with Gasteiger partial charge in [-0.3, -0.25) is 4.79 Å². The fourth-order valence-electron chi connectivity index (χ4n) is 4.00. The molecule has 0 aliphatic heterocycles. The van der Waals surface area contributed by atoms with Gasteiger partial charge in [-0.1, -0.05) is 18.2 Å². The zero-order valence-electron chi connectivity index (χ0n) is 17.4. The van der Waals surface area contributed by atoms with Crippen LogP contribution >= 0.6 is 0 Å². The van der Waals surface area contributed by atoms with Crippen LogP contribution in [-0.2, 0) is 10.0 Å². The molecule has 0 unspecified atom stereocenters. The summed E-state index contributed by atoms with van der Waals surface area (Å²) in [6.45, 7) is 0. The molecular weight excluding hydrogens is 418 g/mol. The monoisotopic (exact) mass is 443 g/mol. The summed E-state index contributed by atoms with van der Waals surface area (Å²) < 4.78 is 26.6. The molecular formula is C20H25N7O3S. The van der Waals surface area contributed by atoms with Crippen molar-refractivity contribution >= 4 is 32.8 Å². The Kier molecular flexibility index (Phi) is 5.63. The molecule has 0 bridgehead atoms. The van der Waals surface area contributed by atoms with Crippen molar-refractivity contribution in [3.8, 4) is 5.82 Å². The van der Waals surface area contributed by atoms with E-state index in [0.717, 1.165) is 31.2 Å². The minimum Gasteiger partial charge on any atom is -0.364 e. The van der Waals surface area contributed by atoms with Gasteiger partial charge in [0.25, 0.3) is 5.91 Å². The topological polar surface area (TPSA) is 136 Å². The Bertz CT molecular complexity index is 1220. The number of benzene rings is 1. The molecule has 4 rings (SSSR count). The molecule has 0 radical (unpaired) electrons. The number of fused-ring (bicyclic) bond motifs is 1. The van der Waals surface area contributed by atoms with E-state index in [-0.39, 0.29) is 17.8 Å². The Balaban J connectivity index is 1.52. The molecule has 0 atom stereocenters. The third kappa shape index (κ3) is 4.37. The average Bonchev–Trinajstić information content (AvgIpc) is 3.13. The molecule has 11 heteroatoms. The summed E-state index contributed by atoms with van der Waals surface area (Å²) in [5.74, 6) is 0.377. The fourth-order valence-corrected chi connectivity index (χ4v) is 4.75. The minimum absolute atomic E-state index is 0.0166. The number of aromatic nitrogens is 4. The van der Waals surface area contributed by atoms with Crippen LogP contribution in [0.25, 0.3) is 16.7 Å². The highest BCUT2D eigenvalue weighted by Gasteiger charge is 2.28. The predicted octanol–water partition coefficient (Wildman–Crippen LogP) is 1.53. The van der Waals surface area contributed by atoms with Crippen LogP contribution in [-0.4, -0.2) is 63.8 Å². The van der Waals surface area contributed by atoms with Crippen molar-refractivity contribution in [3.05, 3.63) is 42.2 Å². The van der Waals surface area contributed by atoms with Crippen molar-refractivity contribution in [2.75, 3.05) is 18.6 Å². The van der Waals surface area contributed by atoms with Crippen LogP contribution in [0.4, 0.5) is 5.95 Å². The van der Waals surface area contributed by atoms with Crippen LogP contribution in [0.2, 0.25) is 0 Å². The molecule has 1 aromatic carbocycles. The second-order valence-corrected chi connectivity index (χ2v) is 9.85. The molecule has 1 fully saturated rings. The van der Waals surface area contributed by atoms with Crippen molar-refractivity contribution in [2.45, 2.75) is 37.8 Å². The van der Waals surface area contributed by atoms with Gasteiger partial charge in [-0.05, 0) is 31.7 Å². The Labute approximate surface area is 180 Å². The third-order valence-corrected chi connectivity index (χ3v) is 7.09. The van der Waals surface area contributed by atoms with Crippen LogP contribution < -0.4 is 11.1 Å². The van der Waals surface area contributed by atoms with Crippen molar-refractivity contribution in [1.29, 1.82) is 0 Å². The van der Waals surface area contributed by atoms with Gasteiger partial charge in [0.2, 0.25) is 16.0 Å².